The second-order valence-electron chi connectivity index (χ2n) is 8.02. The smallest absolute Gasteiger partial charge is 0.0664 e. The predicted molar refractivity (Wildman–Crippen MR) is 90.8 cm³/mol. The lowest BCUT2D eigenvalue weighted by Crippen LogP contribution is -2.59. The summed E-state index contributed by atoms with van der Waals surface area (Å²) in [7, 11) is 0. The van der Waals surface area contributed by atoms with Crippen molar-refractivity contribution in [1.29, 1.82) is 0 Å². The molecule has 1 aromatic rings. The number of aliphatic hydroxyl groups is 1. The summed E-state index contributed by atoms with van der Waals surface area (Å²) >= 11 is 0. The van der Waals surface area contributed by atoms with Gasteiger partial charge in [-0.15, -0.1) is 6.42 Å². The van der Waals surface area contributed by atoms with E-state index in [9.17, 15) is 5.11 Å². The van der Waals surface area contributed by atoms with Crippen LogP contribution in [0.5, 0.6) is 0 Å². The molecule has 0 amide bonds. The van der Waals surface area contributed by atoms with Crippen LogP contribution < -0.4 is 5.32 Å². The fourth-order valence-electron chi connectivity index (χ4n) is 5.85. The number of anilines is 1. The van der Waals surface area contributed by atoms with Gasteiger partial charge < -0.3 is 10.4 Å². The number of pyridine rings is 1. The van der Waals surface area contributed by atoms with Gasteiger partial charge in [0.05, 0.1) is 22.5 Å². The minimum absolute atomic E-state index is 0.385. The van der Waals surface area contributed by atoms with E-state index in [1.165, 1.54) is 18.4 Å². The van der Waals surface area contributed by atoms with E-state index in [4.69, 9.17) is 6.42 Å². The number of allylic oxidation sites excluding steroid dienone is 1. The number of hydrogen-bond donors (Lipinski definition) is 2. The summed E-state index contributed by atoms with van der Waals surface area (Å²) in [5.41, 5.74) is 3.87. The van der Waals surface area contributed by atoms with Gasteiger partial charge in [0, 0.05) is 24.2 Å². The molecule has 0 radical (unpaired) electrons. The van der Waals surface area contributed by atoms with Crippen molar-refractivity contribution in [3.63, 3.8) is 0 Å². The van der Waals surface area contributed by atoms with E-state index in [0.29, 0.717) is 17.9 Å². The van der Waals surface area contributed by atoms with Crippen LogP contribution in [0.3, 0.4) is 0 Å². The summed E-state index contributed by atoms with van der Waals surface area (Å²) in [6.07, 6.45) is 18.2. The Bertz CT molecular complexity index is 729. The van der Waals surface area contributed by atoms with Crippen LogP contribution in [-0.4, -0.2) is 21.7 Å². The van der Waals surface area contributed by atoms with Crippen molar-refractivity contribution in [2.45, 2.75) is 50.2 Å². The number of rotatable bonds is 2. The van der Waals surface area contributed by atoms with Crippen LogP contribution >= 0.6 is 0 Å². The lowest BCUT2D eigenvalue weighted by molar-refractivity contribution is -0.129. The molecule has 4 bridgehead atoms. The molecule has 0 saturated heterocycles. The molecule has 23 heavy (non-hydrogen) atoms. The Labute approximate surface area is 137 Å². The fourth-order valence-corrected chi connectivity index (χ4v) is 5.85. The number of nitrogens with one attached hydrogen (secondary N) is 1. The Hall–Kier alpha value is -1.79. The molecule has 1 heterocycles. The molecular formula is C20H22N2O. The molecule has 118 valence electrons. The zero-order valence-electron chi connectivity index (χ0n) is 13.3. The van der Waals surface area contributed by atoms with Gasteiger partial charge in [-0.1, -0.05) is 18.1 Å². The van der Waals surface area contributed by atoms with E-state index in [2.05, 4.69) is 28.4 Å². The molecule has 5 aliphatic carbocycles. The average Bonchev–Trinajstić information content (AvgIpc) is 2.98. The number of aromatic nitrogens is 1. The van der Waals surface area contributed by atoms with Crippen LogP contribution in [0, 0.1) is 30.1 Å². The topological polar surface area (TPSA) is 45.2 Å². The third-order valence-corrected chi connectivity index (χ3v) is 6.50. The molecule has 6 rings (SSSR count). The van der Waals surface area contributed by atoms with Gasteiger partial charge in [0.2, 0.25) is 0 Å². The quantitative estimate of drug-likeness (QED) is 0.826. The molecule has 4 fully saturated rings. The molecular weight excluding hydrogens is 284 g/mol. The normalized spacial score (nSPS) is 39.3. The average molecular weight is 306 g/mol. The molecule has 5 aliphatic rings. The van der Waals surface area contributed by atoms with Gasteiger partial charge in [0.1, 0.15) is 0 Å². The van der Waals surface area contributed by atoms with Crippen molar-refractivity contribution in [1.82, 2.24) is 4.98 Å². The van der Waals surface area contributed by atoms with Gasteiger partial charge in [-0.2, -0.15) is 0 Å². The van der Waals surface area contributed by atoms with Crippen molar-refractivity contribution in [3.05, 3.63) is 29.1 Å². The molecule has 2 N–H and O–H groups in total. The number of terminal acetylenes is 1. The van der Waals surface area contributed by atoms with Crippen molar-refractivity contribution in [3.8, 4) is 12.3 Å². The number of hydrogen-bond acceptors (Lipinski definition) is 3. The summed E-state index contributed by atoms with van der Waals surface area (Å²) in [6.45, 7) is 0. The first-order chi connectivity index (χ1) is 11.1. The van der Waals surface area contributed by atoms with Crippen molar-refractivity contribution >= 4 is 11.8 Å². The van der Waals surface area contributed by atoms with E-state index in [1.807, 2.05) is 6.20 Å². The fraction of sp³-hybridized carbons (Fsp3) is 0.550. The van der Waals surface area contributed by atoms with Crippen LogP contribution in [-0.2, 0) is 6.42 Å². The Morgan fingerprint density at radius 1 is 1.26 bits per heavy atom. The second kappa shape index (κ2) is 4.61. The largest absolute Gasteiger partial charge is 0.390 e. The Morgan fingerprint density at radius 3 is 2.74 bits per heavy atom. The summed E-state index contributed by atoms with van der Waals surface area (Å²) in [6, 6.07) is 0.444. The summed E-state index contributed by atoms with van der Waals surface area (Å²) in [4.78, 5) is 4.50. The predicted octanol–water partition coefficient (Wildman–Crippen LogP) is 2.98. The van der Waals surface area contributed by atoms with Crippen molar-refractivity contribution < 1.29 is 5.11 Å². The zero-order valence-corrected chi connectivity index (χ0v) is 13.3. The minimum Gasteiger partial charge on any atom is -0.390 e. The standard InChI is InChI=1S/C20H22N2O/c1-2-13-11-21-17-5-3-4-16(17)19(13)22-18-14-6-12-7-15(18)10-20(23,8-12)9-14/h1,3-4,11-12,14-15,18,23H,5-10H2,(H,21,22). The summed E-state index contributed by atoms with van der Waals surface area (Å²) < 4.78 is 0. The highest BCUT2D eigenvalue weighted by Gasteiger charge is 2.54. The Morgan fingerprint density at radius 2 is 2.04 bits per heavy atom. The van der Waals surface area contributed by atoms with Gasteiger partial charge in [0.25, 0.3) is 0 Å². The van der Waals surface area contributed by atoms with Crippen LogP contribution in [0.1, 0.15) is 48.9 Å². The first-order valence-corrected chi connectivity index (χ1v) is 8.79. The van der Waals surface area contributed by atoms with E-state index in [-0.39, 0.29) is 5.60 Å². The van der Waals surface area contributed by atoms with Crippen molar-refractivity contribution in [2.75, 3.05) is 5.32 Å². The monoisotopic (exact) mass is 306 g/mol. The first-order valence-electron chi connectivity index (χ1n) is 8.79. The van der Waals surface area contributed by atoms with Crippen LogP contribution in [0.4, 0.5) is 5.69 Å². The van der Waals surface area contributed by atoms with Gasteiger partial charge in [-0.25, -0.2) is 0 Å². The van der Waals surface area contributed by atoms with E-state index >= 15 is 0 Å². The van der Waals surface area contributed by atoms with Gasteiger partial charge in [-0.05, 0) is 49.9 Å². The highest BCUT2D eigenvalue weighted by Crippen LogP contribution is 2.56. The Kier molecular flexibility index (Phi) is 2.73. The first kappa shape index (κ1) is 13.6. The second-order valence-corrected chi connectivity index (χ2v) is 8.02. The molecule has 3 nitrogen and oxygen atoms in total. The molecule has 3 heteroatoms. The lowest BCUT2D eigenvalue weighted by Gasteiger charge is -2.58. The van der Waals surface area contributed by atoms with Gasteiger partial charge in [0.15, 0.2) is 0 Å². The number of nitrogens with zero attached hydrogens (tertiary/aromatic N) is 1. The third kappa shape index (κ3) is 1.98. The molecule has 0 spiro atoms. The highest BCUT2D eigenvalue weighted by molar-refractivity contribution is 5.77. The van der Waals surface area contributed by atoms with Crippen LogP contribution in [0.25, 0.3) is 6.08 Å². The maximum Gasteiger partial charge on any atom is 0.0664 e. The van der Waals surface area contributed by atoms with E-state index in [0.717, 1.165) is 48.5 Å². The number of fused-ring (bicyclic) bond motifs is 1. The molecule has 0 aromatic carbocycles. The third-order valence-electron chi connectivity index (χ3n) is 6.50. The summed E-state index contributed by atoms with van der Waals surface area (Å²) in [5, 5.41) is 14.6. The Balaban J connectivity index is 1.51. The highest BCUT2D eigenvalue weighted by atomic mass is 16.3. The van der Waals surface area contributed by atoms with Crippen molar-refractivity contribution in [2.24, 2.45) is 17.8 Å². The summed E-state index contributed by atoms with van der Waals surface area (Å²) in [5.74, 6) is 4.67. The maximum absolute atomic E-state index is 10.8. The SMILES string of the molecule is C#Cc1cnc2c(c1NC1C3CC4CC1CC(O)(C4)C3)C=CC2. The van der Waals surface area contributed by atoms with Crippen LogP contribution in [0.15, 0.2) is 12.3 Å². The molecule has 0 aliphatic heterocycles. The zero-order chi connectivity index (χ0) is 15.6. The minimum atomic E-state index is -0.385. The van der Waals surface area contributed by atoms with Gasteiger partial charge in [-0.3, -0.25) is 4.98 Å². The molecule has 2 unspecified atom stereocenters. The molecule has 2 atom stereocenters. The maximum atomic E-state index is 10.8. The van der Waals surface area contributed by atoms with Gasteiger partial charge >= 0.3 is 0 Å². The molecule has 4 saturated carbocycles. The molecule has 1 aromatic heterocycles. The lowest BCUT2D eigenvalue weighted by atomic mass is 9.52. The van der Waals surface area contributed by atoms with E-state index < -0.39 is 0 Å². The van der Waals surface area contributed by atoms with E-state index in [1.54, 1.807) is 0 Å². The van der Waals surface area contributed by atoms with Crippen LogP contribution in [0.2, 0.25) is 0 Å².